The van der Waals surface area contributed by atoms with Gasteiger partial charge in [-0.25, -0.2) is 0 Å². The van der Waals surface area contributed by atoms with Gasteiger partial charge in [0.15, 0.2) is 0 Å². The highest BCUT2D eigenvalue weighted by Crippen LogP contribution is 2.28. The van der Waals surface area contributed by atoms with E-state index >= 15 is 0 Å². The molecule has 0 fully saturated rings. The minimum Gasteiger partial charge on any atom is -0.358 e. The van der Waals surface area contributed by atoms with Crippen LogP contribution in [0.1, 0.15) is 52.8 Å². The molecule has 18 heavy (non-hydrogen) atoms. The van der Waals surface area contributed by atoms with Crippen LogP contribution in [-0.4, -0.2) is 4.98 Å². The molecule has 0 atom stereocenters. The first kappa shape index (κ1) is 13.2. The van der Waals surface area contributed by atoms with E-state index in [2.05, 4.69) is 70.8 Å². The summed E-state index contributed by atoms with van der Waals surface area (Å²) in [6.45, 7) is 13.6. The molecule has 2 rings (SSSR count). The van der Waals surface area contributed by atoms with Gasteiger partial charge in [-0.3, -0.25) is 0 Å². The zero-order valence-corrected chi connectivity index (χ0v) is 12.5. The quantitative estimate of drug-likeness (QED) is 0.721. The molecule has 0 aliphatic carbocycles. The largest absolute Gasteiger partial charge is 0.358 e. The second-order valence-electron chi connectivity index (χ2n) is 7.59. The van der Waals surface area contributed by atoms with Crippen LogP contribution in [0.25, 0.3) is 10.9 Å². The van der Waals surface area contributed by atoms with Gasteiger partial charge in [-0.1, -0.05) is 53.7 Å². The van der Waals surface area contributed by atoms with Gasteiger partial charge in [-0.2, -0.15) is 0 Å². The van der Waals surface area contributed by atoms with Gasteiger partial charge in [0.1, 0.15) is 0 Å². The van der Waals surface area contributed by atoms with Gasteiger partial charge in [-0.15, -0.1) is 0 Å². The summed E-state index contributed by atoms with van der Waals surface area (Å²) in [5.74, 6) is 0. The van der Waals surface area contributed by atoms with Gasteiger partial charge in [0.2, 0.25) is 0 Å². The molecule has 1 aromatic carbocycles. The molecule has 1 heterocycles. The average Bonchev–Trinajstić information content (AvgIpc) is 2.57. The van der Waals surface area contributed by atoms with Crippen molar-refractivity contribution in [3.8, 4) is 0 Å². The van der Waals surface area contributed by atoms with Crippen molar-refractivity contribution in [2.75, 3.05) is 0 Å². The predicted octanol–water partition coefficient (Wildman–Crippen LogP) is 5.05. The van der Waals surface area contributed by atoms with E-state index in [1.807, 2.05) is 0 Å². The van der Waals surface area contributed by atoms with E-state index in [0.717, 1.165) is 6.42 Å². The monoisotopic (exact) mass is 243 g/mol. The van der Waals surface area contributed by atoms with Gasteiger partial charge in [0.05, 0.1) is 0 Å². The molecule has 0 bridgehead atoms. The minimum absolute atomic E-state index is 0.184. The molecule has 98 valence electrons. The molecule has 0 saturated heterocycles. The zero-order chi connectivity index (χ0) is 13.6. The van der Waals surface area contributed by atoms with Crippen LogP contribution in [0.3, 0.4) is 0 Å². The number of H-pyrrole nitrogens is 1. The third-order valence-electron chi connectivity index (χ3n) is 3.23. The molecule has 1 nitrogen and oxygen atoms in total. The van der Waals surface area contributed by atoms with Crippen molar-refractivity contribution < 1.29 is 0 Å². The van der Waals surface area contributed by atoms with E-state index in [1.165, 1.54) is 22.2 Å². The van der Waals surface area contributed by atoms with E-state index in [9.17, 15) is 0 Å². The van der Waals surface area contributed by atoms with Crippen LogP contribution in [-0.2, 0) is 11.8 Å². The molecule has 0 aliphatic rings. The standard InChI is InChI=1S/C17H25N/c1-16(2,3)11-12-7-8-13-10-15(17(4,5)6)18-14(13)9-12/h7-10,18H,11H2,1-6H3. The highest BCUT2D eigenvalue weighted by Gasteiger charge is 2.17. The summed E-state index contributed by atoms with van der Waals surface area (Å²) >= 11 is 0. The minimum atomic E-state index is 0.184. The molecule has 1 N–H and O–H groups in total. The Morgan fingerprint density at radius 3 is 2.17 bits per heavy atom. The SMILES string of the molecule is CC(C)(C)Cc1ccc2cc(C(C)(C)C)[nH]c2c1. The third kappa shape index (κ3) is 2.95. The number of fused-ring (bicyclic) bond motifs is 1. The molecule has 2 aromatic rings. The fourth-order valence-corrected chi connectivity index (χ4v) is 2.30. The lowest BCUT2D eigenvalue weighted by molar-refractivity contribution is 0.411. The smallest absolute Gasteiger partial charge is 0.0459 e. The van der Waals surface area contributed by atoms with E-state index in [-0.39, 0.29) is 5.41 Å². The molecular formula is C17H25N. The van der Waals surface area contributed by atoms with Gasteiger partial charge >= 0.3 is 0 Å². The number of aromatic amines is 1. The number of hydrogen-bond acceptors (Lipinski definition) is 0. The molecule has 1 aromatic heterocycles. The highest BCUT2D eigenvalue weighted by atomic mass is 14.7. The first-order chi connectivity index (χ1) is 8.15. The van der Waals surface area contributed by atoms with Crippen LogP contribution in [0, 0.1) is 5.41 Å². The maximum absolute atomic E-state index is 3.56. The van der Waals surface area contributed by atoms with E-state index in [4.69, 9.17) is 0 Å². The van der Waals surface area contributed by atoms with Crippen molar-refractivity contribution in [3.05, 3.63) is 35.5 Å². The zero-order valence-electron chi connectivity index (χ0n) is 12.5. The van der Waals surface area contributed by atoms with Crippen molar-refractivity contribution in [2.24, 2.45) is 5.41 Å². The first-order valence-electron chi connectivity index (χ1n) is 6.77. The lowest BCUT2D eigenvalue weighted by Gasteiger charge is -2.18. The number of nitrogens with one attached hydrogen (secondary N) is 1. The van der Waals surface area contributed by atoms with Gasteiger partial charge in [0, 0.05) is 16.6 Å². The van der Waals surface area contributed by atoms with Crippen LogP contribution >= 0.6 is 0 Å². The summed E-state index contributed by atoms with van der Waals surface area (Å²) in [6, 6.07) is 9.07. The summed E-state index contributed by atoms with van der Waals surface area (Å²) in [4.78, 5) is 3.56. The summed E-state index contributed by atoms with van der Waals surface area (Å²) in [6.07, 6.45) is 1.12. The number of hydrogen-bond donors (Lipinski definition) is 1. The van der Waals surface area contributed by atoms with Crippen LogP contribution in [0.5, 0.6) is 0 Å². The Morgan fingerprint density at radius 2 is 1.61 bits per heavy atom. The van der Waals surface area contributed by atoms with Crippen LogP contribution in [0.4, 0.5) is 0 Å². The van der Waals surface area contributed by atoms with Gasteiger partial charge in [0.25, 0.3) is 0 Å². The molecule has 0 unspecified atom stereocenters. The van der Waals surface area contributed by atoms with Crippen molar-refractivity contribution in [1.82, 2.24) is 4.98 Å². The maximum atomic E-state index is 3.56. The van der Waals surface area contributed by atoms with Crippen molar-refractivity contribution in [3.63, 3.8) is 0 Å². The Hall–Kier alpha value is -1.24. The maximum Gasteiger partial charge on any atom is 0.0459 e. The lowest BCUT2D eigenvalue weighted by Crippen LogP contribution is -2.11. The fraction of sp³-hybridized carbons (Fsp3) is 0.529. The summed E-state index contributed by atoms with van der Waals surface area (Å²) in [7, 11) is 0. The summed E-state index contributed by atoms with van der Waals surface area (Å²) in [5.41, 5.74) is 4.51. The fourth-order valence-electron chi connectivity index (χ4n) is 2.30. The summed E-state index contributed by atoms with van der Waals surface area (Å²) in [5, 5.41) is 1.32. The Kier molecular flexibility index (Phi) is 3.04. The predicted molar refractivity (Wildman–Crippen MR) is 80.2 cm³/mol. The average molecular weight is 243 g/mol. The van der Waals surface area contributed by atoms with Crippen molar-refractivity contribution in [2.45, 2.75) is 53.4 Å². The Morgan fingerprint density at radius 1 is 0.944 bits per heavy atom. The van der Waals surface area contributed by atoms with Crippen LogP contribution in [0.2, 0.25) is 0 Å². The molecule has 0 amide bonds. The van der Waals surface area contributed by atoms with Gasteiger partial charge in [-0.05, 0) is 34.9 Å². The Balaban J connectivity index is 2.40. The number of aromatic nitrogens is 1. The number of benzene rings is 1. The van der Waals surface area contributed by atoms with E-state index in [1.54, 1.807) is 0 Å². The normalized spacial score (nSPS) is 13.2. The highest BCUT2D eigenvalue weighted by molar-refractivity contribution is 5.81. The molecule has 0 saturated carbocycles. The van der Waals surface area contributed by atoms with Crippen molar-refractivity contribution in [1.29, 1.82) is 0 Å². The van der Waals surface area contributed by atoms with Crippen molar-refractivity contribution >= 4 is 10.9 Å². The molecule has 0 aliphatic heterocycles. The Bertz CT molecular complexity index is 547. The van der Waals surface area contributed by atoms with Crippen LogP contribution < -0.4 is 0 Å². The van der Waals surface area contributed by atoms with Gasteiger partial charge < -0.3 is 4.98 Å². The topological polar surface area (TPSA) is 15.8 Å². The Labute approximate surface area is 111 Å². The van der Waals surface area contributed by atoms with E-state index < -0.39 is 0 Å². The molecular weight excluding hydrogens is 218 g/mol. The van der Waals surface area contributed by atoms with E-state index in [0.29, 0.717) is 5.41 Å². The van der Waals surface area contributed by atoms with Crippen LogP contribution in [0.15, 0.2) is 24.3 Å². The first-order valence-corrected chi connectivity index (χ1v) is 6.77. The summed E-state index contributed by atoms with van der Waals surface area (Å²) < 4.78 is 0. The second kappa shape index (κ2) is 4.15. The molecule has 0 spiro atoms. The number of rotatable bonds is 1. The lowest BCUT2D eigenvalue weighted by atomic mass is 9.88. The molecule has 1 heteroatoms. The molecule has 0 radical (unpaired) electrons. The second-order valence-corrected chi connectivity index (χ2v) is 7.59. The third-order valence-corrected chi connectivity index (χ3v) is 3.23.